The Labute approximate surface area is 173 Å². The third-order valence-corrected chi connectivity index (χ3v) is 6.08. The number of likely N-dealkylation sites (tertiary alicyclic amines) is 1. The molecule has 3 aliphatic heterocycles. The topological polar surface area (TPSA) is 126 Å². The predicted molar refractivity (Wildman–Crippen MR) is 105 cm³/mol. The first-order valence-electron chi connectivity index (χ1n) is 10.1. The zero-order valence-electron chi connectivity index (χ0n) is 16.5. The van der Waals surface area contributed by atoms with Crippen molar-refractivity contribution in [2.75, 3.05) is 13.1 Å². The number of carbonyl (C=O) groups excluding carboxylic acids is 3. The largest absolute Gasteiger partial charge is 0.325 e. The van der Waals surface area contributed by atoms with Crippen LogP contribution in [0.4, 0.5) is 0 Å². The van der Waals surface area contributed by atoms with E-state index in [9.17, 15) is 14.4 Å². The molecule has 0 bridgehead atoms. The molecule has 2 saturated heterocycles. The van der Waals surface area contributed by atoms with Crippen molar-refractivity contribution in [1.29, 1.82) is 0 Å². The third kappa shape index (κ3) is 3.27. The number of nitrogens with zero attached hydrogens (tertiary/aromatic N) is 5. The number of piperidine rings is 1. The van der Waals surface area contributed by atoms with Crippen LogP contribution in [0.1, 0.15) is 46.1 Å². The lowest BCUT2D eigenvalue weighted by Crippen LogP contribution is -2.52. The zero-order valence-corrected chi connectivity index (χ0v) is 16.5. The van der Waals surface area contributed by atoms with E-state index >= 15 is 0 Å². The number of aromatic nitrogens is 3. The predicted octanol–water partition coefficient (Wildman–Crippen LogP) is -0.445. The number of carbonyl (C=O) groups is 3. The second-order valence-electron chi connectivity index (χ2n) is 8.13. The highest BCUT2D eigenvalue weighted by molar-refractivity contribution is 6.05. The van der Waals surface area contributed by atoms with Gasteiger partial charge in [0.25, 0.3) is 5.91 Å². The van der Waals surface area contributed by atoms with E-state index in [1.54, 1.807) is 4.90 Å². The van der Waals surface area contributed by atoms with Gasteiger partial charge in [0.1, 0.15) is 6.04 Å². The van der Waals surface area contributed by atoms with E-state index in [1.807, 2.05) is 29.1 Å². The van der Waals surface area contributed by atoms with Gasteiger partial charge in [-0.1, -0.05) is 17.3 Å². The van der Waals surface area contributed by atoms with Gasteiger partial charge in [0.2, 0.25) is 11.8 Å². The van der Waals surface area contributed by atoms with E-state index in [4.69, 9.17) is 5.73 Å². The molecule has 3 amide bonds. The Hall–Kier alpha value is -3.11. The first-order chi connectivity index (χ1) is 14.5. The lowest BCUT2D eigenvalue weighted by atomic mass is 10.0. The number of hydrogen-bond acceptors (Lipinski definition) is 7. The molecule has 1 aromatic carbocycles. The van der Waals surface area contributed by atoms with Crippen LogP contribution >= 0.6 is 0 Å². The molecule has 5 rings (SSSR count). The molecule has 156 valence electrons. The second kappa shape index (κ2) is 7.29. The van der Waals surface area contributed by atoms with Gasteiger partial charge >= 0.3 is 0 Å². The highest BCUT2D eigenvalue weighted by Crippen LogP contribution is 2.29. The molecule has 0 radical (unpaired) electrons. The van der Waals surface area contributed by atoms with E-state index in [0.717, 1.165) is 36.5 Å². The van der Waals surface area contributed by atoms with Crippen LogP contribution < -0.4 is 11.1 Å². The van der Waals surface area contributed by atoms with Gasteiger partial charge in [-0.15, -0.1) is 5.10 Å². The number of benzene rings is 1. The number of nitrogens with one attached hydrogen (secondary N) is 1. The SMILES string of the molecule is NCc1cn(C2CN(Cc3ccc4c(c3)C(=O)N(C3CCC(=O)NC3=O)C4)C2)nn1. The summed E-state index contributed by atoms with van der Waals surface area (Å²) in [5, 5.41) is 10.5. The van der Waals surface area contributed by atoms with Gasteiger partial charge in [-0.25, -0.2) is 4.68 Å². The molecule has 4 heterocycles. The summed E-state index contributed by atoms with van der Waals surface area (Å²) >= 11 is 0. The van der Waals surface area contributed by atoms with Crippen molar-refractivity contribution in [3.05, 3.63) is 46.8 Å². The molecule has 2 aromatic rings. The van der Waals surface area contributed by atoms with Crippen LogP contribution in [-0.4, -0.2) is 61.6 Å². The summed E-state index contributed by atoms with van der Waals surface area (Å²) in [6, 6.07) is 5.64. The molecule has 1 aromatic heterocycles. The minimum Gasteiger partial charge on any atom is -0.325 e. The maximum absolute atomic E-state index is 12.9. The molecular formula is C20H23N7O3. The Kier molecular flexibility index (Phi) is 4.59. The standard InChI is InChI=1S/C20H23N7O3/c21-6-14-9-27(24-23-14)15-10-25(11-15)7-12-1-2-13-8-26(20(30)16(13)5-12)17-3-4-18(28)22-19(17)29/h1-2,5,9,15,17H,3-4,6-8,10-11,21H2,(H,22,28,29). The van der Waals surface area contributed by atoms with Gasteiger partial charge in [-0.2, -0.15) is 0 Å². The fraction of sp³-hybridized carbons (Fsp3) is 0.450. The normalized spacial score (nSPS) is 22.2. The monoisotopic (exact) mass is 409 g/mol. The number of nitrogens with two attached hydrogens (primary N) is 1. The molecule has 0 saturated carbocycles. The van der Waals surface area contributed by atoms with E-state index in [1.165, 1.54) is 0 Å². The lowest BCUT2D eigenvalue weighted by Gasteiger charge is -2.38. The van der Waals surface area contributed by atoms with Crippen LogP contribution in [-0.2, 0) is 29.2 Å². The first-order valence-corrected chi connectivity index (χ1v) is 10.1. The van der Waals surface area contributed by atoms with Crippen molar-refractivity contribution in [1.82, 2.24) is 30.1 Å². The van der Waals surface area contributed by atoms with Crippen LogP contribution in [0.25, 0.3) is 0 Å². The zero-order chi connectivity index (χ0) is 20.8. The molecular weight excluding hydrogens is 386 g/mol. The summed E-state index contributed by atoms with van der Waals surface area (Å²) in [6.07, 6.45) is 2.52. The molecule has 2 fully saturated rings. The minimum absolute atomic E-state index is 0.139. The Morgan fingerprint density at radius 1 is 1.20 bits per heavy atom. The van der Waals surface area contributed by atoms with Gasteiger partial charge in [0.15, 0.2) is 0 Å². The maximum Gasteiger partial charge on any atom is 0.255 e. The van der Waals surface area contributed by atoms with Crippen LogP contribution in [0.5, 0.6) is 0 Å². The number of imide groups is 1. The van der Waals surface area contributed by atoms with E-state index in [-0.39, 0.29) is 30.2 Å². The summed E-state index contributed by atoms with van der Waals surface area (Å²) in [5.41, 5.74) is 9.00. The van der Waals surface area contributed by atoms with Crippen LogP contribution in [0, 0.1) is 0 Å². The van der Waals surface area contributed by atoms with Crippen molar-refractivity contribution in [2.24, 2.45) is 5.73 Å². The Morgan fingerprint density at radius 2 is 2.03 bits per heavy atom. The molecule has 10 nitrogen and oxygen atoms in total. The van der Waals surface area contributed by atoms with Crippen molar-refractivity contribution in [3.63, 3.8) is 0 Å². The minimum atomic E-state index is -0.580. The number of fused-ring (bicyclic) bond motifs is 1. The van der Waals surface area contributed by atoms with Crippen LogP contribution in [0.3, 0.4) is 0 Å². The summed E-state index contributed by atoms with van der Waals surface area (Å²) in [6.45, 7) is 3.26. The number of amides is 3. The molecule has 30 heavy (non-hydrogen) atoms. The fourth-order valence-corrected chi connectivity index (χ4v) is 4.38. The number of rotatable bonds is 5. The smallest absolute Gasteiger partial charge is 0.255 e. The molecule has 3 N–H and O–H groups in total. The van der Waals surface area contributed by atoms with Gasteiger partial charge in [0, 0.05) is 44.7 Å². The molecule has 0 aliphatic carbocycles. The summed E-state index contributed by atoms with van der Waals surface area (Å²) < 4.78 is 1.86. The Balaban J connectivity index is 1.22. The van der Waals surface area contributed by atoms with E-state index < -0.39 is 6.04 Å². The average Bonchev–Trinajstić information content (AvgIpc) is 3.29. The van der Waals surface area contributed by atoms with E-state index in [2.05, 4.69) is 20.5 Å². The summed E-state index contributed by atoms with van der Waals surface area (Å²) in [4.78, 5) is 40.4. The second-order valence-corrected chi connectivity index (χ2v) is 8.13. The van der Waals surface area contributed by atoms with Crippen molar-refractivity contribution in [2.45, 2.75) is 44.6 Å². The summed E-state index contributed by atoms with van der Waals surface area (Å²) in [5.74, 6) is -0.800. The molecule has 1 atom stereocenters. The third-order valence-electron chi connectivity index (χ3n) is 6.08. The van der Waals surface area contributed by atoms with Gasteiger partial charge < -0.3 is 10.6 Å². The van der Waals surface area contributed by atoms with Gasteiger partial charge in [0.05, 0.1) is 17.9 Å². The maximum atomic E-state index is 12.9. The van der Waals surface area contributed by atoms with Crippen molar-refractivity contribution >= 4 is 17.7 Å². The van der Waals surface area contributed by atoms with Crippen LogP contribution in [0.2, 0.25) is 0 Å². The number of hydrogen-bond donors (Lipinski definition) is 2. The first kappa shape index (κ1) is 18.9. The molecule has 3 aliphatic rings. The molecule has 0 spiro atoms. The van der Waals surface area contributed by atoms with Crippen LogP contribution in [0.15, 0.2) is 24.4 Å². The van der Waals surface area contributed by atoms with Gasteiger partial charge in [-0.05, 0) is 23.6 Å². The van der Waals surface area contributed by atoms with Crippen molar-refractivity contribution in [3.8, 4) is 0 Å². The Bertz CT molecular complexity index is 1030. The van der Waals surface area contributed by atoms with Gasteiger partial charge in [-0.3, -0.25) is 24.6 Å². The quantitative estimate of drug-likeness (QED) is 0.641. The molecule has 10 heteroatoms. The average molecular weight is 409 g/mol. The van der Waals surface area contributed by atoms with Crippen molar-refractivity contribution < 1.29 is 14.4 Å². The summed E-state index contributed by atoms with van der Waals surface area (Å²) in [7, 11) is 0. The van der Waals surface area contributed by atoms with E-state index in [0.29, 0.717) is 25.1 Å². The Morgan fingerprint density at radius 3 is 2.77 bits per heavy atom. The lowest BCUT2D eigenvalue weighted by molar-refractivity contribution is -0.136. The molecule has 1 unspecified atom stereocenters. The highest BCUT2D eigenvalue weighted by atomic mass is 16.2. The fourth-order valence-electron chi connectivity index (χ4n) is 4.38. The highest BCUT2D eigenvalue weighted by Gasteiger charge is 2.39.